The number of benzene rings is 1. The SMILES string of the molecule is C[C@@H]1CC(=O)C[C@@H]1C(=O)N[C@@H](Cc1ccc(O)cc1)C(=O)N1CCC[C@H]1C(N)=O. The maximum Gasteiger partial charge on any atom is 0.246 e. The minimum Gasteiger partial charge on any atom is -0.508 e. The van der Waals surface area contributed by atoms with E-state index >= 15 is 0 Å². The van der Waals surface area contributed by atoms with E-state index in [4.69, 9.17) is 5.73 Å². The average Bonchev–Trinajstić information content (AvgIpc) is 3.28. The number of hydrogen-bond acceptors (Lipinski definition) is 5. The highest BCUT2D eigenvalue weighted by Gasteiger charge is 2.39. The van der Waals surface area contributed by atoms with Crippen LogP contribution in [0.4, 0.5) is 0 Å². The maximum absolute atomic E-state index is 13.2. The van der Waals surface area contributed by atoms with Crippen molar-refractivity contribution >= 4 is 23.5 Å². The molecule has 1 aliphatic carbocycles. The summed E-state index contributed by atoms with van der Waals surface area (Å²) in [6.07, 6.45) is 1.94. The van der Waals surface area contributed by atoms with Gasteiger partial charge in [0, 0.05) is 31.7 Å². The Hall–Kier alpha value is -2.90. The third-order valence-electron chi connectivity index (χ3n) is 5.88. The summed E-state index contributed by atoms with van der Waals surface area (Å²) in [6, 6.07) is 4.83. The van der Waals surface area contributed by atoms with E-state index in [0.717, 1.165) is 5.56 Å². The minimum atomic E-state index is -0.880. The van der Waals surface area contributed by atoms with Gasteiger partial charge in [-0.1, -0.05) is 19.1 Å². The van der Waals surface area contributed by atoms with Crippen molar-refractivity contribution < 1.29 is 24.3 Å². The zero-order valence-corrected chi connectivity index (χ0v) is 16.5. The van der Waals surface area contributed by atoms with Crippen LogP contribution in [0.5, 0.6) is 5.75 Å². The molecule has 1 saturated heterocycles. The Bertz CT molecular complexity index is 807. The van der Waals surface area contributed by atoms with Crippen molar-refractivity contribution in [1.29, 1.82) is 0 Å². The fourth-order valence-electron chi connectivity index (χ4n) is 4.26. The van der Waals surface area contributed by atoms with Crippen molar-refractivity contribution in [3.05, 3.63) is 29.8 Å². The number of hydrogen-bond donors (Lipinski definition) is 3. The van der Waals surface area contributed by atoms with E-state index in [1.807, 2.05) is 6.92 Å². The monoisotopic (exact) mass is 401 g/mol. The maximum atomic E-state index is 13.2. The van der Waals surface area contributed by atoms with E-state index in [1.54, 1.807) is 12.1 Å². The average molecular weight is 401 g/mol. The lowest BCUT2D eigenvalue weighted by atomic mass is 9.96. The first kappa shape index (κ1) is 20.8. The molecule has 4 atom stereocenters. The van der Waals surface area contributed by atoms with Gasteiger partial charge in [-0.25, -0.2) is 0 Å². The number of nitrogens with two attached hydrogens (primary N) is 1. The highest BCUT2D eigenvalue weighted by molar-refractivity contribution is 5.95. The van der Waals surface area contributed by atoms with E-state index in [9.17, 15) is 24.3 Å². The Labute approximate surface area is 169 Å². The lowest BCUT2D eigenvalue weighted by Gasteiger charge is -2.29. The Kier molecular flexibility index (Phi) is 6.20. The van der Waals surface area contributed by atoms with Gasteiger partial charge in [0.25, 0.3) is 0 Å². The van der Waals surface area contributed by atoms with Crippen LogP contribution < -0.4 is 11.1 Å². The largest absolute Gasteiger partial charge is 0.508 e. The van der Waals surface area contributed by atoms with Gasteiger partial charge in [0.2, 0.25) is 17.7 Å². The molecule has 3 amide bonds. The lowest BCUT2D eigenvalue weighted by Crippen LogP contribution is -2.54. The molecule has 0 radical (unpaired) electrons. The van der Waals surface area contributed by atoms with E-state index < -0.39 is 23.9 Å². The molecular weight excluding hydrogens is 374 g/mol. The third-order valence-corrected chi connectivity index (χ3v) is 5.88. The molecule has 0 bridgehead atoms. The standard InChI is InChI=1S/C21H27N3O5/c1-12-9-15(26)11-16(12)20(28)23-17(10-13-4-6-14(25)7-5-13)21(29)24-8-2-3-18(24)19(22)27/h4-7,12,16-18,25H,2-3,8-11H2,1H3,(H2,22,27)(H,23,28)/t12-,16+,17+,18+/m1/s1. The fourth-order valence-corrected chi connectivity index (χ4v) is 4.26. The molecule has 3 rings (SSSR count). The molecular formula is C21H27N3O5. The molecule has 156 valence electrons. The quantitative estimate of drug-likeness (QED) is 0.639. The van der Waals surface area contributed by atoms with Crippen molar-refractivity contribution in [3.63, 3.8) is 0 Å². The van der Waals surface area contributed by atoms with Crippen molar-refractivity contribution in [3.8, 4) is 5.75 Å². The van der Waals surface area contributed by atoms with E-state index in [2.05, 4.69) is 5.32 Å². The van der Waals surface area contributed by atoms with Crippen molar-refractivity contribution in [2.45, 2.75) is 51.1 Å². The van der Waals surface area contributed by atoms with Gasteiger partial charge in [-0.2, -0.15) is 0 Å². The summed E-state index contributed by atoms with van der Waals surface area (Å²) in [5, 5.41) is 12.3. The number of aromatic hydroxyl groups is 1. The summed E-state index contributed by atoms with van der Waals surface area (Å²) < 4.78 is 0. The second-order valence-electron chi connectivity index (χ2n) is 8.05. The number of carbonyl (C=O) groups excluding carboxylic acids is 4. The Morgan fingerprint density at radius 3 is 2.52 bits per heavy atom. The van der Waals surface area contributed by atoms with Crippen LogP contribution >= 0.6 is 0 Å². The fraction of sp³-hybridized carbons (Fsp3) is 0.524. The Morgan fingerprint density at radius 1 is 1.24 bits per heavy atom. The number of nitrogens with zero attached hydrogens (tertiary/aromatic N) is 1. The molecule has 0 spiro atoms. The summed E-state index contributed by atoms with van der Waals surface area (Å²) in [7, 11) is 0. The third kappa shape index (κ3) is 4.75. The molecule has 1 saturated carbocycles. The molecule has 8 nitrogen and oxygen atoms in total. The number of rotatable bonds is 6. The molecule has 4 N–H and O–H groups in total. The topological polar surface area (TPSA) is 130 Å². The second kappa shape index (κ2) is 8.63. The first-order chi connectivity index (χ1) is 13.8. The summed E-state index contributed by atoms with van der Waals surface area (Å²) in [5.41, 5.74) is 6.20. The zero-order chi connectivity index (χ0) is 21.1. The summed E-state index contributed by atoms with van der Waals surface area (Å²) in [6.45, 7) is 2.27. The molecule has 1 aromatic rings. The molecule has 0 aromatic heterocycles. The summed E-state index contributed by atoms with van der Waals surface area (Å²) >= 11 is 0. The summed E-state index contributed by atoms with van der Waals surface area (Å²) in [4.78, 5) is 50.9. The minimum absolute atomic E-state index is 0.0485. The first-order valence-corrected chi connectivity index (χ1v) is 9.96. The van der Waals surface area contributed by atoms with E-state index in [1.165, 1.54) is 17.0 Å². The second-order valence-corrected chi connectivity index (χ2v) is 8.05. The number of phenolic OH excluding ortho intramolecular Hbond substituents is 1. The number of carbonyl (C=O) groups is 4. The van der Waals surface area contributed by atoms with Crippen LogP contribution in [0.1, 0.15) is 38.2 Å². The van der Waals surface area contributed by atoms with Crippen LogP contribution in [-0.2, 0) is 25.6 Å². The van der Waals surface area contributed by atoms with E-state index in [-0.39, 0.29) is 42.1 Å². The Balaban J connectivity index is 1.80. The number of phenols is 1. The molecule has 8 heteroatoms. The zero-order valence-electron chi connectivity index (χ0n) is 16.5. The predicted octanol–water partition coefficient (Wildman–Crippen LogP) is 0.511. The van der Waals surface area contributed by atoms with Gasteiger partial charge < -0.3 is 21.1 Å². The van der Waals surface area contributed by atoms with Gasteiger partial charge in [0.15, 0.2) is 0 Å². The van der Waals surface area contributed by atoms with Crippen molar-refractivity contribution in [2.24, 2.45) is 17.6 Å². The van der Waals surface area contributed by atoms with Crippen LogP contribution in [-0.4, -0.2) is 52.1 Å². The van der Waals surface area contributed by atoms with Crippen LogP contribution in [0.3, 0.4) is 0 Å². The highest BCUT2D eigenvalue weighted by Crippen LogP contribution is 2.29. The lowest BCUT2D eigenvalue weighted by molar-refractivity contribution is -0.141. The molecule has 29 heavy (non-hydrogen) atoms. The van der Waals surface area contributed by atoms with Gasteiger partial charge in [-0.3, -0.25) is 19.2 Å². The molecule has 1 aromatic carbocycles. The number of nitrogens with one attached hydrogen (secondary N) is 1. The molecule has 2 fully saturated rings. The number of amides is 3. The highest BCUT2D eigenvalue weighted by atomic mass is 16.3. The van der Waals surface area contributed by atoms with Crippen molar-refractivity contribution in [2.75, 3.05) is 6.54 Å². The van der Waals surface area contributed by atoms with Crippen LogP contribution in [0, 0.1) is 11.8 Å². The number of likely N-dealkylation sites (tertiary alicyclic amines) is 1. The molecule has 2 aliphatic rings. The predicted molar refractivity (Wildman–Crippen MR) is 105 cm³/mol. The number of primary amides is 1. The van der Waals surface area contributed by atoms with Gasteiger partial charge in [0.05, 0.1) is 0 Å². The number of ketones is 1. The smallest absolute Gasteiger partial charge is 0.246 e. The Morgan fingerprint density at radius 2 is 1.93 bits per heavy atom. The molecule has 0 unspecified atom stereocenters. The van der Waals surface area contributed by atoms with E-state index in [0.29, 0.717) is 25.8 Å². The van der Waals surface area contributed by atoms with Crippen molar-refractivity contribution in [1.82, 2.24) is 10.2 Å². The van der Waals surface area contributed by atoms with Crippen LogP contribution in [0.15, 0.2) is 24.3 Å². The van der Waals surface area contributed by atoms with Gasteiger partial charge >= 0.3 is 0 Å². The van der Waals surface area contributed by atoms with Gasteiger partial charge in [0.1, 0.15) is 23.6 Å². The first-order valence-electron chi connectivity index (χ1n) is 9.96. The summed E-state index contributed by atoms with van der Waals surface area (Å²) in [5.74, 6) is -1.61. The normalized spacial score (nSPS) is 25.1. The van der Waals surface area contributed by atoms with Gasteiger partial charge in [-0.15, -0.1) is 0 Å². The number of Topliss-reactive ketones (excluding diaryl/α,β-unsaturated/α-hetero) is 1. The molecule has 1 aliphatic heterocycles. The van der Waals surface area contributed by atoms with Crippen LogP contribution in [0.25, 0.3) is 0 Å². The molecule has 1 heterocycles. The van der Waals surface area contributed by atoms with Crippen LogP contribution in [0.2, 0.25) is 0 Å². The van der Waals surface area contributed by atoms with Gasteiger partial charge in [-0.05, 0) is 36.5 Å².